The molecule has 24 heavy (non-hydrogen) atoms. The number of carbonyl (C=O) groups excluding carboxylic acids is 2. The number of carbonyl (C=O) groups is 2. The minimum atomic E-state index is -0.637. The third-order valence-electron chi connectivity index (χ3n) is 3.92. The minimum absolute atomic E-state index is 0.0434. The molecule has 0 saturated heterocycles. The van der Waals surface area contributed by atoms with E-state index >= 15 is 0 Å². The lowest BCUT2D eigenvalue weighted by atomic mass is 10.0. The van der Waals surface area contributed by atoms with Crippen molar-refractivity contribution in [1.82, 2.24) is 5.32 Å². The number of benzene rings is 1. The molecule has 1 atom stereocenters. The van der Waals surface area contributed by atoms with Gasteiger partial charge < -0.3 is 10.1 Å². The molecular weight excluding hydrogens is 309 g/mol. The SMILES string of the molecule is CCCCCCCC[C@H](NC(=O)Cc1cccc(F)c1)C(=O)OC. The molecule has 1 N–H and O–H groups in total. The number of hydrogen-bond donors (Lipinski definition) is 1. The zero-order valence-corrected chi connectivity index (χ0v) is 14.6. The van der Waals surface area contributed by atoms with Crippen LogP contribution >= 0.6 is 0 Å². The number of methoxy groups -OCH3 is 1. The normalized spacial score (nSPS) is 11.8. The average Bonchev–Trinajstić information content (AvgIpc) is 2.56. The van der Waals surface area contributed by atoms with E-state index in [0.717, 1.165) is 19.3 Å². The molecule has 0 aliphatic carbocycles. The quantitative estimate of drug-likeness (QED) is 0.494. The van der Waals surface area contributed by atoms with Crippen molar-refractivity contribution in [2.75, 3.05) is 7.11 Å². The minimum Gasteiger partial charge on any atom is -0.467 e. The first-order valence-electron chi connectivity index (χ1n) is 8.68. The summed E-state index contributed by atoms with van der Waals surface area (Å²) in [5, 5.41) is 2.70. The molecule has 0 aromatic heterocycles. The van der Waals surface area contributed by atoms with Crippen LogP contribution in [0.5, 0.6) is 0 Å². The molecule has 134 valence electrons. The van der Waals surface area contributed by atoms with E-state index in [0.29, 0.717) is 12.0 Å². The number of rotatable bonds is 11. The van der Waals surface area contributed by atoms with Gasteiger partial charge in [-0.1, -0.05) is 57.6 Å². The first kappa shape index (κ1) is 20.1. The molecule has 0 saturated carbocycles. The van der Waals surface area contributed by atoms with E-state index in [4.69, 9.17) is 4.74 Å². The van der Waals surface area contributed by atoms with Crippen molar-refractivity contribution < 1.29 is 18.7 Å². The van der Waals surface area contributed by atoms with Crippen molar-refractivity contribution in [2.45, 2.75) is 64.3 Å². The van der Waals surface area contributed by atoms with Crippen LogP contribution in [0.2, 0.25) is 0 Å². The maximum atomic E-state index is 13.2. The molecule has 0 radical (unpaired) electrons. The Bertz CT molecular complexity index is 519. The van der Waals surface area contributed by atoms with Crippen molar-refractivity contribution in [2.24, 2.45) is 0 Å². The summed E-state index contributed by atoms with van der Waals surface area (Å²) >= 11 is 0. The topological polar surface area (TPSA) is 55.4 Å². The molecule has 1 aromatic carbocycles. The van der Waals surface area contributed by atoms with Gasteiger partial charge in [-0.05, 0) is 24.1 Å². The Morgan fingerprint density at radius 2 is 1.88 bits per heavy atom. The van der Waals surface area contributed by atoms with Gasteiger partial charge >= 0.3 is 5.97 Å². The van der Waals surface area contributed by atoms with Crippen LogP contribution in [0, 0.1) is 5.82 Å². The van der Waals surface area contributed by atoms with Crippen LogP contribution in [0.3, 0.4) is 0 Å². The summed E-state index contributed by atoms with van der Waals surface area (Å²) in [4.78, 5) is 23.9. The summed E-state index contributed by atoms with van der Waals surface area (Å²) in [5.74, 6) is -1.12. The number of hydrogen-bond acceptors (Lipinski definition) is 3. The molecule has 0 spiro atoms. The highest BCUT2D eigenvalue weighted by Crippen LogP contribution is 2.10. The Kier molecular flexibility index (Phi) is 9.73. The Morgan fingerprint density at radius 3 is 2.54 bits per heavy atom. The van der Waals surface area contributed by atoms with Crippen molar-refractivity contribution in [3.05, 3.63) is 35.6 Å². The molecule has 5 heteroatoms. The van der Waals surface area contributed by atoms with Crippen LogP contribution in [0.4, 0.5) is 4.39 Å². The molecule has 4 nitrogen and oxygen atoms in total. The third kappa shape index (κ3) is 8.09. The molecule has 0 bridgehead atoms. The van der Waals surface area contributed by atoms with E-state index in [2.05, 4.69) is 12.2 Å². The zero-order valence-electron chi connectivity index (χ0n) is 14.6. The molecule has 0 heterocycles. The van der Waals surface area contributed by atoms with E-state index in [1.807, 2.05) is 0 Å². The van der Waals surface area contributed by atoms with Crippen LogP contribution in [-0.4, -0.2) is 25.0 Å². The highest BCUT2D eigenvalue weighted by atomic mass is 19.1. The Morgan fingerprint density at radius 1 is 1.17 bits per heavy atom. The maximum Gasteiger partial charge on any atom is 0.328 e. The number of halogens is 1. The van der Waals surface area contributed by atoms with Crippen molar-refractivity contribution in [3.8, 4) is 0 Å². The lowest BCUT2D eigenvalue weighted by molar-refractivity contribution is -0.145. The first-order valence-corrected chi connectivity index (χ1v) is 8.68. The second-order valence-corrected chi connectivity index (χ2v) is 6.01. The van der Waals surface area contributed by atoms with Gasteiger partial charge in [0.05, 0.1) is 13.5 Å². The van der Waals surface area contributed by atoms with E-state index in [9.17, 15) is 14.0 Å². The summed E-state index contributed by atoms with van der Waals surface area (Å²) in [6.07, 6.45) is 7.27. The van der Waals surface area contributed by atoms with Gasteiger partial charge in [-0.15, -0.1) is 0 Å². The van der Waals surface area contributed by atoms with Gasteiger partial charge in [-0.3, -0.25) is 4.79 Å². The van der Waals surface area contributed by atoms with Gasteiger partial charge in [0.25, 0.3) is 0 Å². The van der Waals surface area contributed by atoms with E-state index in [1.165, 1.54) is 38.5 Å². The number of unbranched alkanes of at least 4 members (excludes halogenated alkanes) is 5. The van der Waals surface area contributed by atoms with Crippen LogP contribution in [0.15, 0.2) is 24.3 Å². The smallest absolute Gasteiger partial charge is 0.328 e. The van der Waals surface area contributed by atoms with Crippen molar-refractivity contribution >= 4 is 11.9 Å². The maximum absolute atomic E-state index is 13.2. The second kappa shape index (κ2) is 11.6. The van der Waals surface area contributed by atoms with E-state index in [-0.39, 0.29) is 18.1 Å². The fourth-order valence-corrected chi connectivity index (χ4v) is 2.60. The highest BCUT2D eigenvalue weighted by Gasteiger charge is 2.21. The summed E-state index contributed by atoms with van der Waals surface area (Å²) in [6, 6.07) is 5.26. The van der Waals surface area contributed by atoms with Gasteiger partial charge in [0, 0.05) is 0 Å². The zero-order chi connectivity index (χ0) is 17.8. The van der Waals surface area contributed by atoms with Crippen LogP contribution in [0.25, 0.3) is 0 Å². The third-order valence-corrected chi connectivity index (χ3v) is 3.92. The number of amides is 1. The Balaban J connectivity index is 2.43. The molecule has 0 aliphatic rings. The molecule has 0 unspecified atom stereocenters. The number of ether oxygens (including phenoxy) is 1. The van der Waals surface area contributed by atoms with Crippen LogP contribution in [0.1, 0.15) is 57.4 Å². The number of nitrogens with one attached hydrogen (secondary N) is 1. The standard InChI is InChI=1S/C19H28FNO3/c1-3-4-5-6-7-8-12-17(19(23)24-2)21-18(22)14-15-10-9-11-16(20)13-15/h9-11,13,17H,3-8,12,14H2,1-2H3,(H,21,22)/t17-/m0/s1. The molecule has 1 rings (SSSR count). The average molecular weight is 337 g/mol. The van der Waals surface area contributed by atoms with Gasteiger partial charge in [0.15, 0.2) is 0 Å². The van der Waals surface area contributed by atoms with Crippen molar-refractivity contribution in [3.63, 3.8) is 0 Å². The predicted octanol–water partition coefficient (Wildman–Crippen LogP) is 3.78. The van der Waals surface area contributed by atoms with Crippen LogP contribution < -0.4 is 5.32 Å². The summed E-state index contributed by atoms with van der Waals surface area (Å²) in [7, 11) is 1.31. The Hall–Kier alpha value is -1.91. The fourth-order valence-electron chi connectivity index (χ4n) is 2.60. The lowest BCUT2D eigenvalue weighted by Gasteiger charge is -2.16. The molecular formula is C19H28FNO3. The van der Waals surface area contributed by atoms with E-state index in [1.54, 1.807) is 12.1 Å². The highest BCUT2D eigenvalue weighted by molar-refractivity contribution is 5.85. The molecule has 1 amide bonds. The van der Waals surface area contributed by atoms with Crippen LogP contribution in [-0.2, 0) is 20.7 Å². The number of esters is 1. The molecule has 1 aromatic rings. The fraction of sp³-hybridized carbons (Fsp3) is 0.579. The predicted molar refractivity (Wildman–Crippen MR) is 92.0 cm³/mol. The Labute approximate surface area is 143 Å². The van der Waals surface area contributed by atoms with Crippen molar-refractivity contribution in [1.29, 1.82) is 0 Å². The van der Waals surface area contributed by atoms with Gasteiger partial charge in [0.1, 0.15) is 11.9 Å². The second-order valence-electron chi connectivity index (χ2n) is 6.01. The van der Waals surface area contributed by atoms with Gasteiger partial charge in [0.2, 0.25) is 5.91 Å². The molecule has 0 fully saturated rings. The summed E-state index contributed by atoms with van der Waals surface area (Å²) < 4.78 is 17.9. The largest absolute Gasteiger partial charge is 0.467 e. The van der Waals surface area contributed by atoms with Gasteiger partial charge in [-0.25, -0.2) is 9.18 Å². The van der Waals surface area contributed by atoms with E-state index < -0.39 is 12.0 Å². The first-order chi connectivity index (χ1) is 11.6. The van der Waals surface area contributed by atoms with Gasteiger partial charge in [-0.2, -0.15) is 0 Å². The lowest BCUT2D eigenvalue weighted by Crippen LogP contribution is -2.42. The summed E-state index contributed by atoms with van der Waals surface area (Å²) in [6.45, 7) is 2.17. The monoisotopic (exact) mass is 337 g/mol. The molecule has 0 aliphatic heterocycles. The summed E-state index contributed by atoms with van der Waals surface area (Å²) in [5.41, 5.74) is 0.579.